The lowest BCUT2D eigenvalue weighted by molar-refractivity contribution is -0.154. The normalized spacial score (nSPS) is 19.6. The number of esters is 1. The molecule has 2 aliphatic heterocycles. The van der Waals surface area contributed by atoms with Crippen molar-refractivity contribution in [2.75, 3.05) is 25.0 Å². The second-order valence-electron chi connectivity index (χ2n) is 18.4. The number of amides is 7. The van der Waals surface area contributed by atoms with Gasteiger partial charge in [0.2, 0.25) is 41.4 Å². The van der Waals surface area contributed by atoms with E-state index in [9.17, 15) is 38.4 Å². The Morgan fingerprint density at radius 2 is 1.21 bits per heavy atom. The van der Waals surface area contributed by atoms with Gasteiger partial charge in [-0.05, 0) is 62.1 Å². The Morgan fingerprint density at radius 1 is 0.732 bits per heavy atom. The molecule has 56 heavy (non-hydrogen) atoms. The summed E-state index contributed by atoms with van der Waals surface area (Å²) >= 11 is 0. The number of anilines is 1. The number of likely N-dealkylation sites (tertiary alicyclic amines) is 2. The number of benzene rings is 1. The van der Waals surface area contributed by atoms with E-state index in [1.165, 1.54) is 6.92 Å². The van der Waals surface area contributed by atoms with Gasteiger partial charge >= 0.3 is 5.97 Å². The lowest BCUT2D eigenvalue weighted by Gasteiger charge is -2.29. The minimum atomic E-state index is -1.08. The summed E-state index contributed by atoms with van der Waals surface area (Å²) in [4.78, 5) is 106. The number of imide groups is 2. The Kier molecular flexibility index (Phi) is 14.8. The van der Waals surface area contributed by atoms with Crippen LogP contribution >= 0.6 is 0 Å². The first kappa shape index (κ1) is 45.7. The Bertz CT molecular complexity index is 1610. The fourth-order valence-electron chi connectivity index (χ4n) is 6.29. The summed E-state index contributed by atoms with van der Waals surface area (Å²) in [5.41, 5.74) is -0.417. The van der Waals surface area contributed by atoms with Gasteiger partial charge in [-0.25, -0.2) is 0 Å². The highest BCUT2D eigenvalue weighted by molar-refractivity contribution is 6.05. The standard InChI is InChI=1S/C41H61N5O10/c1-23(2)33(35(51)42-24(3)34(50)43-26-15-13-25(14-16-26)21-56-38(54)41(10,11)12)44-30(47)22-55-27(19-45-31(48)17-28(36(45)52)39(4,5)6)20-46-32(49)18-29(37(46)53)40(7,8)9/h13-16,23-24,27-29,33H,17-22H2,1-12H3,(H,42,51)(H,43,50)(H,44,47)/t24-,27?,28?,29?,33-/m0/s1. The minimum Gasteiger partial charge on any atom is -0.460 e. The van der Waals surface area contributed by atoms with E-state index in [1.54, 1.807) is 58.9 Å². The predicted molar refractivity (Wildman–Crippen MR) is 207 cm³/mol. The van der Waals surface area contributed by atoms with Crippen LogP contribution in [0.4, 0.5) is 5.69 Å². The second-order valence-corrected chi connectivity index (χ2v) is 18.4. The second kappa shape index (κ2) is 18.1. The van der Waals surface area contributed by atoms with E-state index in [4.69, 9.17) is 9.47 Å². The Morgan fingerprint density at radius 3 is 1.62 bits per heavy atom. The van der Waals surface area contributed by atoms with Crippen molar-refractivity contribution in [3.8, 4) is 0 Å². The summed E-state index contributed by atoms with van der Waals surface area (Å²) in [6.45, 7) is 20.3. The molecule has 1 aromatic rings. The quantitative estimate of drug-likeness (QED) is 0.175. The highest BCUT2D eigenvalue weighted by Gasteiger charge is 2.48. The fourth-order valence-corrected chi connectivity index (χ4v) is 6.29. The average molecular weight is 784 g/mol. The maximum Gasteiger partial charge on any atom is 0.311 e. The number of carbonyl (C=O) groups excluding carboxylic acids is 8. The number of rotatable bonds is 15. The highest BCUT2D eigenvalue weighted by atomic mass is 16.5. The molecule has 15 heteroatoms. The molecule has 2 unspecified atom stereocenters. The molecule has 0 bridgehead atoms. The highest BCUT2D eigenvalue weighted by Crippen LogP contribution is 2.37. The smallest absolute Gasteiger partial charge is 0.311 e. The largest absolute Gasteiger partial charge is 0.460 e. The third-order valence-corrected chi connectivity index (χ3v) is 10.0. The van der Waals surface area contributed by atoms with Gasteiger partial charge in [0, 0.05) is 18.5 Å². The Balaban J connectivity index is 1.64. The van der Waals surface area contributed by atoms with Crippen LogP contribution in [0.5, 0.6) is 0 Å². The van der Waals surface area contributed by atoms with Crippen LogP contribution in [0.15, 0.2) is 24.3 Å². The molecule has 0 radical (unpaired) electrons. The van der Waals surface area contributed by atoms with Crippen molar-refractivity contribution in [1.29, 1.82) is 0 Å². The topological polar surface area (TPSA) is 198 Å². The van der Waals surface area contributed by atoms with Crippen LogP contribution in [0.1, 0.15) is 101 Å². The van der Waals surface area contributed by atoms with E-state index in [0.717, 1.165) is 15.4 Å². The first-order valence-electron chi connectivity index (χ1n) is 19.2. The summed E-state index contributed by atoms with van der Waals surface area (Å²) in [5, 5.41) is 8.00. The van der Waals surface area contributed by atoms with Crippen LogP contribution in [-0.2, 0) is 54.4 Å². The van der Waals surface area contributed by atoms with Crippen molar-refractivity contribution < 1.29 is 47.8 Å². The van der Waals surface area contributed by atoms with Crippen LogP contribution in [-0.4, -0.2) is 95.0 Å². The molecule has 2 saturated heterocycles. The van der Waals surface area contributed by atoms with Gasteiger partial charge in [0.05, 0.1) is 36.4 Å². The number of hydrogen-bond donors (Lipinski definition) is 3. The molecule has 3 rings (SSSR count). The van der Waals surface area contributed by atoms with Gasteiger partial charge in [-0.2, -0.15) is 0 Å². The predicted octanol–water partition coefficient (Wildman–Crippen LogP) is 3.59. The maximum atomic E-state index is 13.3. The molecule has 2 heterocycles. The third-order valence-electron chi connectivity index (χ3n) is 10.0. The molecule has 4 atom stereocenters. The van der Waals surface area contributed by atoms with Crippen molar-refractivity contribution in [1.82, 2.24) is 20.4 Å². The molecule has 3 N–H and O–H groups in total. The molecular weight excluding hydrogens is 722 g/mol. The summed E-state index contributed by atoms with van der Waals surface area (Å²) < 4.78 is 11.3. The van der Waals surface area contributed by atoms with Gasteiger partial charge in [-0.3, -0.25) is 48.2 Å². The van der Waals surface area contributed by atoms with E-state index in [1.807, 2.05) is 41.5 Å². The number of nitrogens with zero attached hydrogens (tertiary/aromatic N) is 2. The lowest BCUT2D eigenvalue weighted by atomic mass is 9.80. The van der Waals surface area contributed by atoms with Gasteiger partial charge in [0.25, 0.3) is 0 Å². The maximum absolute atomic E-state index is 13.3. The van der Waals surface area contributed by atoms with E-state index in [-0.39, 0.29) is 38.5 Å². The first-order valence-corrected chi connectivity index (χ1v) is 19.2. The fraction of sp³-hybridized carbons (Fsp3) is 0.659. The zero-order valence-corrected chi connectivity index (χ0v) is 35.0. The Labute approximate surface area is 330 Å². The average Bonchev–Trinajstić information content (AvgIpc) is 3.53. The molecule has 310 valence electrons. The molecule has 0 spiro atoms. The number of hydrogen-bond acceptors (Lipinski definition) is 10. The van der Waals surface area contributed by atoms with Crippen molar-refractivity contribution in [2.45, 2.75) is 121 Å². The van der Waals surface area contributed by atoms with E-state index < -0.39 is 100 Å². The van der Waals surface area contributed by atoms with E-state index in [0.29, 0.717) is 5.69 Å². The van der Waals surface area contributed by atoms with E-state index in [2.05, 4.69) is 16.0 Å². The summed E-state index contributed by atoms with van der Waals surface area (Å²) in [6.07, 6.45) is -1.07. The zero-order chi connectivity index (χ0) is 42.5. The van der Waals surface area contributed by atoms with Gasteiger partial charge in [-0.1, -0.05) is 67.5 Å². The molecule has 2 fully saturated rings. The molecule has 7 amide bonds. The van der Waals surface area contributed by atoms with Gasteiger partial charge in [0.15, 0.2) is 0 Å². The lowest BCUT2D eigenvalue weighted by Crippen LogP contribution is -2.54. The first-order chi connectivity index (χ1) is 25.7. The van der Waals surface area contributed by atoms with Crippen molar-refractivity contribution in [2.24, 2.45) is 34.0 Å². The van der Waals surface area contributed by atoms with Crippen LogP contribution < -0.4 is 16.0 Å². The van der Waals surface area contributed by atoms with Gasteiger partial charge < -0.3 is 25.4 Å². The molecule has 1 aromatic carbocycles. The van der Waals surface area contributed by atoms with Crippen LogP contribution in [0.3, 0.4) is 0 Å². The summed E-state index contributed by atoms with van der Waals surface area (Å²) in [7, 11) is 0. The molecule has 15 nitrogen and oxygen atoms in total. The number of carbonyl (C=O) groups is 8. The van der Waals surface area contributed by atoms with Gasteiger partial charge in [0.1, 0.15) is 25.3 Å². The molecule has 0 aromatic heterocycles. The van der Waals surface area contributed by atoms with Crippen molar-refractivity contribution in [3.05, 3.63) is 29.8 Å². The van der Waals surface area contributed by atoms with Crippen molar-refractivity contribution in [3.63, 3.8) is 0 Å². The molecule has 0 saturated carbocycles. The van der Waals surface area contributed by atoms with Crippen molar-refractivity contribution >= 4 is 53.0 Å². The van der Waals surface area contributed by atoms with Crippen LogP contribution in [0, 0.1) is 34.0 Å². The van der Waals surface area contributed by atoms with E-state index >= 15 is 0 Å². The zero-order valence-electron chi connectivity index (χ0n) is 35.0. The van der Waals surface area contributed by atoms with Crippen LogP contribution in [0.2, 0.25) is 0 Å². The molecular formula is C41H61N5O10. The molecule has 2 aliphatic rings. The Hall–Kier alpha value is -4.66. The third kappa shape index (κ3) is 12.2. The van der Waals surface area contributed by atoms with Gasteiger partial charge in [-0.15, -0.1) is 0 Å². The number of ether oxygens (including phenoxy) is 2. The summed E-state index contributed by atoms with van der Waals surface area (Å²) in [6, 6.07) is 4.64. The SMILES string of the molecule is CC(C)[C@H](NC(=O)COC(CN1C(=O)CC(C(C)(C)C)C1=O)CN1C(=O)CC(C(C)(C)C)C1=O)C(=O)N[C@@H](C)C(=O)Nc1ccc(COC(=O)C(C)(C)C)cc1. The summed E-state index contributed by atoms with van der Waals surface area (Å²) in [5.74, 6) is -5.31. The monoisotopic (exact) mass is 783 g/mol. The molecule has 0 aliphatic carbocycles. The number of nitrogens with one attached hydrogen (secondary N) is 3. The van der Waals surface area contributed by atoms with Crippen LogP contribution in [0.25, 0.3) is 0 Å². The minimum absolute atomic E-state index is 0.00751.